The van der Waals surface area contributed by atoms with Crippen LogP contribution in [0, 0.1) is 0 Å². The number of carbonyl (C=O) groups excluding carboxylic acids is 2. The maximum absolute atomic E-state index is 13.2. The van der Waals surface area contributed by atoms with Gasteiger partial charge in [0.25, 0.3) is 5.91 Å². The van der Waals surface area contributed by atoms with Gasteiger partial charge in [-0.3, -0.25) is 4.79 Å². The highest BCUT2D eigenvalue weighted by molar-refractivity contribution is 5.99. The van der Waals surface area contributed by atoms with Crippen molar-refractivity contribution >= 4 is 23.3 Å². The summed E-state index contributed by atoms with van der Waals surface area (Å²) in [5.74, 6) is 1.80. The van der Waals surface area contributed by atoms with Gasteiger partial charge in [0.15, 0.2) is 6.10 Å². The molecule has 1 aliphatic rings. The van der Waals surface area contributed by atoms with Crippen molar-refractivity contribution < 1.29 is 19.1 Å². The second-order valence-corrected chi connectivity index (χ2v) is 9.24. The highest BCUT2D eigenvalue weighted by Crippen LogP contribution is 2.30. The van der Waals surface area contributed by atoms with Gasteiger partial charge in [0, 0.05) is 30.0 Å². The molecular formula is C29H33N3O4. The summed E-state index contributed by atoms with van der Waals surface area (Å²) in [4.78, 5) is 27.6. The van der Waals surface area contributed by atoms with E-state index in [1.165, 1.54) is 5.56 Å². The van der Waals surface area contributed by atoms with Crippen LogP contribution >= 0.6 is 0 Å². The van der Waals surface area contributed by atoms with Crippen molar-refractivity contribution in [3.8, 4) is 11.5 Å². The van der Waals surface area contributed by atoms with Crippen LogP contribution in [0.5, 0.6) is 11.5 Å². The van der Waals surface area contributed by atoms with Crippen molar-refractivity contribution in [2.45, 2.75) is 52.3 Å². The predicted molar refractivity (Wildman–Crippen MR) is 142 cm³/mol. The molecule has 3 amide bonds. The molecule has 1 atom stereocenters. The van der Waals surface area contributed by atoms with E-state index in [1.54, 1.807) is 18.1 Å². The normalized spacial score (nSPS) is 15.1. The smallest absolute Gasteiger partial charge is 0.323 e. The van der Waals surface area contributed by atoms with Crippen LogP contribution in [0.4, 0.5) is 16.2 Å². The van der Waals surface area contributed by atoms with E-state index < -0.39 is 6.10 Å². The average molecular weight is 488 g/mol. The summed E-state index contributed by atoms with van der Waals surface area (Å²) in [5, 5.41) is 5.76. The number of nitrogens with zero attached hydrogens (tertiary/aromatic N) is 1. The fourth-order valence-electron chi connectivity index (χ4n) is 4.17. The Morgan fingerprint density at radius 1 is 1.03 bits per heavy atom. The lowest BCUT2D eigenvalue weighted by atomic mass is 10.0. The van der Waals surface area contributed by atoms with Gasteiger partial charge >= 0.3 is 6.03 Å². The van der Waals surface area contributed by atoms with Gasteiger partial charge in [0.2, 0.25) is 0 Å². The van der Waals surface area contributed by atoms with E-state index in [1.807, 2.05) is 67.6 Å². The molecule has 2 N–H and O–H groups in total. The lowest BCUT2D eigenvalue weighted by Gasteiger charge is -2.23. The Kier molecular flexibility index (Phi) is 7.78. The summed E-state index contributed by atoms with van der Waals surface area (Å²) in [5.41, 5.74) is 4.40. The van der Waals surface area contributed by atoms with Gasteiger partial charge < -0.3 is 25.0 Å². The van der Waals surface area contributed by atoms with Gasteiger partial charge in [-0.25, -0.2) is 4.79 Å². The topological polar surface area (TPSA) is 79.9 Å². The number of amides is 3. The highest BCUT2D eigenvalue weighted by atomic mass is 16.5. The number of benzene rings is 3. The first-order chi connectivity index (χ1) is 17.4. The maximum Gasteiger partial charge on any atom is 0.323 e. The monoisotopic (exact) mass is 487 g/mol. The molecule has 0 aliphatic carbocycles. The van der Waals surface area contributed by atoms with Crippen molar-refractivity contribution in [2.24, 2.45) is 0 Å². The lowest BCUT2D eigenvalue weighted by Crippen LogP contribution is -2.38. The molecule has 0 saturated heterocycles. The summed E-state index contributed by atoms with van der Waals surface area (Å²) >= 11 is 0. The van der Waals surface area contributed by atoms with Crippen LogP contribution in [0.25, 0.3) is 0 Å². The van der Waals surface area contributed by atoms with E-state index >= 15 is 0 Å². The number of ether oxygens (including phenoxy) is 2. The summed E-state index contributed by atoms with van der Waals surface area (Å²) in [7, 11) is 1.63. The van der Waals surface area contributed by atoms with Crippen molar-refractivity contribution in [2.75, 3.05) is 17.7 Å². The minimum absolute atomic E-state index is 0.0541. The molecular weight excluding hydrogens is 454 g/mol. The zero-order chi connectivity index (χ0) is 25.7. The summed E-state index contributed by atoms with van der Waals surface area (Å²) in [6, 6.07) is 20.6. The standard InChI is InChI=1S/C29H33N3O4/c1-5-26-28(33)32(17-20-6-13-25(35-4)14-7-20)18-22-16-24(12-15-27(22)36-26)31-29(34)30-23-10-8-21(9-11-23)19(2)3/h6-16,19,26H,5,17-18H2,1-4H3,(H2,30,31,34). The molecule has 0 fully saturated rings. The van der Waals surface area contributed by atoms with Crippen molar-refractivity contribution in [1.82, 2.24) is 4.90 Å². The molecule has 0 spiro atoms. The molecule has 36 heavy (non-hydrogen) atoms. The first kappa shape index (κ1) is 25.1. The molecule has 0 bridgehead atoms. The van der Waals surface area contributed by atoms with Crippen LogP contribution in [0.15, 0.2) is 66.7 Å². The minimum atomic E-state index is -0.555. The van der Waals surface area contributed by atoms with Crippen LogP contribution in [-0.2, 0) is 17.9 Å². The molecule has 0 saturated carbocycles. The summed E-state index contributed by atoms with van der Waals surface area (Å²) in [6.07, 6.45) is 0.00970. The van der Waals surface area contributed by atoms with Gasteiger partial charge in [-0.1, -0.05) is 45.0 Å². The van der Waals surface area contributed by atoms with Gasteiger partial charge in [0.1, 0.15) is 11.5 Å². The zero-order valence-electron chi connectivity index (χ0n) is 21.2. The van der Waals surface area contributed by atoms with Crippen LogP contribution in [0.1, 0.15) is 49.8 Å². The number of rotatable bonds is 7. The molecule has 1 unspecified atom stereocenters. The lowest BCUT2D eigenvalue weighted by molar-refractivity contribution is -0.139. The van der Waals surface area contributed by atoms with Gasteiger partial charge in [-0.05, 0) is 65.9 Å². The Balaban J connectivity index is 1.49. The minimum Gasteiger partial charge on any atom is -0.497 e. The molecule has 0 radical (unpaired) electrons. The quantitative estimate of drug-likeness (QED) is 0.418. The van der Waals surface area contributed by atoms with E-state index in [9.17, 15) is 9.59 Å². The van der Waals surface area contributed by atoms with Crippen LogP contribution in [0.3, 0.4) is 0 Å². The SMILES string of the molecule is CCC1Oc2ccc(NC(=O)Nc3ccc(C(C)C)cc3)cc2CN(Cc2ccc(OC)cc2)C1=O. The van der Waals surface area contributed by atoms with Crippen LogP contribution in [0.2, 0.25) is 0 Å². The number of hydrogen-bond acceptors (Lipinski definition) is 4. The Bertz CT molecular complexity index is 1210. The Morgan fingerprint density at radius 2 is 1.69 bits per heavy atom. The first-order valence-electron chi connectivity index (χ1n) is 12.3. The largest absolute Gasteiger partial charge is 0.497 e. The van der Waals surface area contributed by atoms with Crippen LogP contribution < -0.4 is 20.1 Å². The van der Waals surface area contributed by atoms with Crippen molar-refractivity contribution in [3.63, 3.8) is 0 Å². The highest BCUT2D eigenvalue weighted by Gasteiger charge is 2.30. The predicted octanol–water partition coefficient (Wildman–Crippen LogP) is 6.16. The second-order valence-electron chi connectivity index (χ2n) is 9.24. The maximum atomic E-state index is 13.2. The Labute approximate surface area is 212 Å². The van der Waals surface area contributed by atoms with Crippen LogP contribution in [-0.4, -0.2) is 30.1 Å². The van der Waals surface area contributed by atoms with Gasteiger partial charge in [0.05, 0.1) is 7.11 Å². The fourth-order valence-corrected chi connectivity index (χ4v) is 4.17. The number of hydrogen-bond donors (Lipinski definition) is 2. The van der Waals surface area contributed by atoms with E-state index in [2.05, 4.69) is 24.5 Å². The second kappa shape index (κ2) is 11.2. The van der Waals surface area contributed by atoms with Crippen molar-refractivity contribution in [3.05, 3.63) is 83.4 Å². The number of anilines is 2. The van der Waals surface area contributed by atoms with E-state index in [0.717, 1.165) is 22.6 Å². The Hall–Kier alpha value is -4.00. The third-order valence-electron chi connectivity index (χ3n) is 6.27. The number of urea groups is 1. The molecule has 7 heteroatoms. The van der Waals surface area contributed by atoms with Gasteiger partial charge in [-0.15, -0.1) is 0 Å². The molecule has 188 valence electrons. The third kappa shape index (κ3) is 5.97. The number of nitrogens with one attached hydrogen (secondary N) is 2. The van der Waals surface area contributed by atoms with Gasteiger partial charge in [-0.2, -0.15) is 0 Å². The van der Waals surface area contributed by atoms with E-state index in [4.69, 9.17) is 9.47 Å². The number of methoxy groups -OCH3 is 1. The molecule has 4 rings (SSSR count). The summed E-state index contributed by atoms with van der Waals surface area (Å²) < 4.78 is 11.3. The van der Waals surface area contributed by atoms with E-state index in [-0.39, 0.29) is 11.9 Å². The molecule has 1 aliphatic heterocycles. The average Bonchev–Trinajstić information content (AvgIpc) is 3.00. The molecule has 7 nitrogen and oxygen atoms in total. The number of fused-ring (bicyclic) bond motifs is 1. The number of carbonyl (C=O) groups is 2. The summed E-state index contributed by atoms with van der Waals surface area (Å²) in [6.45, 7) is 7.03. The van der Waals surface area contributed by atoms with E-state index in [0.29, 0.717) is 36.9 Å². The zero-order valence-corrected chi connectivity index (χ0v) is 21.2. The molecule has 3 aromatic carbocycles. The van der Waals surface area contributed by atoms with Crippen molar-refractivity contribution in [1.29, 1.82) is 0 Å². The molecule has 3 aromatic rings. The molecule has 1 heterocycles. The first-order valence-corrected chi connectivity index (χ1v) is 12.3. The fraction of sp³-hybridized carbons (Fsp3) is 0.310. The molecule has 0 aromatic heterocycles. The Morgan fingerprint density at radius 3 is 2.33 bits per heavy atom. The third-order valence-corrected chi connectivity index (χ3v) is 6.27.